The van der Waals surface area contributed by atoms with Crippen LogP contribution in [-0.2, 0) is 4.74 Å². The lowest BCUT2D eigenvalue weighted by molar-refractivity contribution is 0.0397. The van der Waals surface area contributed by atoms with E-state index in [0.717, 1.165) is 11.8 Å². The maximum absolute atomic E-state index is 10.1. The Morgan fingerprint density at radius 2 is 1.53 bits per heavy atom. The fourth-order valence-electron chi connectivity index (χ4n) is 0.645. The molecule has 0 bridgehead atoms. The predicted octanol–water partition coefficient (Wildman–Crippen LogP) is 3.24. The van der Waals surface area contributed by atoms with Gasteiger partial charge >= 0.3 is 0 Å². The van der Waals surface area contributed by atoms with Crippen LogP contribution in [0.2, 0.25) is 0 Å². The van der Waals surface area contributed by atoms with Crippen molar-refractivity contribution in [1.82, 2.24) is 0 Å². The van der Waals surface area contributed by atoms with Gasteiger partial charge in [-0.05, 0) is 27.7 Å². The third-order valence-electron chi connectivity index (χ3n) is 1.83. The van der Waals surface area contributed by atoms with Crippen LogP contribution in [0.5, 0.6) is 0 Å². The van der Waals surface area contributed by atoms with E-state index in [4.69, 9.17) is 4.74 Å². The molecule has 1 aromatic carbocycles. The molecule has 2 heteroatoms. The van der Waals surface area contributed by atoms with Crippen LogP contribution in [0, 0.1) is 6.92 Å². The summed E-state index contributed by atoms with van der Waals surface area (Å²) in [5.74, 6) is 0. The average Bonchev–Trinajstić information content (AvgIpc) is 2.19. The molecule has 0 amide bonds. The quantitative estimate of drug-likeness (QED) is 0.662. The highest BCUT2D eigenvalue weighted by atomic mass is 16.5. The Bertz CT molecular complexity index is 280. The van der Waals surface area contributed by atoms with E-state index in [1.54, 1.807) is 7.11 Å². The van der Waals surface area contributed by atoms with Crippen LogP contribution in [0.1, 0.15) is 36.7 Å². The van der Waals surface area contributed by atoms with E-state index in [1.165, 1.54) is 5.56 Å². The summed E-state index contributed by atoms with van der Waals surface area (Å²) in [6.07, 6.45) is 0.847. The number of ether oxygens (including phenoxy) is 1. The van der Waals surface area contributed by atoms with E-state index in [-0.39, 0.29) is 5.60 Å². The lowest BCUT2D eigenvalue weighted by atomic mass is 10.2. The molecular formula is C13H20O2. The molecule has 1 rings (SSSR count). The first-order valence-corrected chi connectivity index (χ1v) is 4.96. The van der Waals surface area contributed by atoms with Crippen molar-refractivity contribution < 1.29 is 9.53 Å². The summed E-state index contributed by atoms with van der Waals surface area (Å²) in [6, 6.07) is 7.46. The normalized spacial score (nSPS) is 10.2. The maximum atomic E-state index is 10.1. The van der Waals surface area contributed by atoms with Crippen molar-refractivity contribution in [2.24, 2.45) is 0 Å². The number of carbonyl (C=O) groups excluding carboxylic acids is 1. The van der Waals surface area contributed by atoms with Crippen LogP contribution < -0.4 is 0 Å². The summed E-state index contributed by atoms with van der Waals surface area (Å²) in [5.41, 5.74) is 1.96. The van der Waals surface area contributed by atoms with Gasteiger partial charge in [0.2, 0.25) is 0 Å². The second kappa shape index (κ2) is 6.36. The first kappa shape index (κ1) is 13.8. The second-order valence-corrected chi connectivity index (χ2v) is 4.35. The van der Waals surface area contributed by atoms with Gasteiger partial charge in [-0.15, -0.1) is 0 Å². The van der Waals surface area contributed by atoms with Gasteiger partial charge in [-0.3, -0.25) is 4.79 Å². The zero-order valence-corrected chi connectivity index (χ0v) is 10.2. The Balaban J connectivity index is 0.000000288. The van der Waals surface area contributed by atoms with Crippen molar-refractivity contribution in [1.29, 1.82) is 0 Å². The molecule has 0 spiro atoms. The molecular weight excluding hydrogens is 188 g/mol. The molecule has 0 saturated heterocycles. The number of hydrogen-bond donors (Lipinski definition) is 0. The molecule has 0 N–H and O–H groups in total. The lowest BCUT2D eigenvalue weighted by Crippen LogP contribution is -2.15. The summed E-state index contributed by atoms with van der Waals surface area (Å²) in [5, 5.41) is 0. The minimum atomic E-state index is 0.0417. The van der Waals surface area contributed by atoms with Crippen molar-refractivity contribution in [3.05, 3.63) is 35.4 Å². The second-order valence-electron chi connectivity index (χ2n) is 4.35. The summed E-state index contributed by atoms with van der Waals surface area (Å²) in [4.78, 5) is 10.1. The van der Waals surface area contributed by atoms with E-state index in [1.807, 2.05) is 52.0 Å². The van der Waals surface area contributed by atoms with Crippen molar-refractivity contribution in [3.8, 4) is 0 Å². The van der Waals surface area contributed by atoms with Gasteiger partial charge in [-0.2, -0.15) is 0 Å². The van der Waals surface area contributed by atoms with Crippen LogP contribution in [-0.4, -0.2) is 19.0 Å². The Morgan fingerprint density at radius 1 is 1.13 bits per heavy atom. The van der Waals surface area contributed by atoms with Gasteiger partial charge < -0.3 is 4.74 Å². The molecule has 0 aliphatic heterocycles. The summed E-state index contributed by atoms with van der Waals surface area (Å²) in [6.45, 7) is 8.06. The summed E-state index contributed by atoms with van der Waals surface area (Å²) in [7, 11) is 1.71. The highest BCUT2D eigenvalue weighted by Gasteiger charge is 2.03. The average molecular weight is 208 g/mol. The predicted molar refractivity (Wildman–Crippen MR) is 63.3 cm³/mol. The number of rotatable bonds is 1. The monoisotopic (exact) mass is 208 g/mol. The largest absolute Gasteiger partial charge is 0.379 e. The van der Waals surface area contributed by atoms with Crippen LogP contribution in [0.3, 0.4) is 0 Å². The third kappa shape index (κ3) is 7.89. The maximum Gasteiger partial charge on any atom is 0.150 e. The van der Waals surface area contributed by atoms with Gasteiger partial charge in [0.15, 0.2) is 0 Å². The van der Waals surface area contributed by atoms with Gasteiger partial charge in [0.05, 0.1) is 5.60 Å². The Kier molecular flexibility index (Phi) is 5.87. The fraction of sp³-hybridized carbons (Fsp3) is 0.462. The summed E-state index contributed by atoms with van der Waals surface area (Å²) < 4.78 is 4.94. The van der Waals surface area contributed by atoms with Crippen LogP contribution in [0.25, 0.3) is 0 Å². The minimum Gasteiger partial charge on any atom is -0.379 e. The third-order valence-corrected chi connectivity index (χ3v) is 1.83. The number of carbonyl (C=O) groups is 1. The van der Waals surface area contributed by atoms with Crippen LogP contribution >= 0.6 is 0 Å². The Hall–Kier alpha value is -1.15. The van der Waals surface area contributed by atoms with Crippen molar-refractivity contribution in [2.75, 3.05) is 7.11 Å². The number of aldehydes is 1. The van der Waals surface area contributed by atoms with Crippen LogP contribution in [0.4, 0.5) is 0 Å². The highest BCUT2D eigenvalue weighted by Crippen LogP contribution is 2.02. The first-order valence-electron chi connectivity index (χ1n) is 4.96. The topological polar surface area (TPSA) is 26.3 Å². The van der Waals surface area contributed by atoms with E-state index in [9.17, 15) is 4.79 Å². The van der Waals surface area contributed by atoms with Gasteiger partial charge in [0, 0.05) is 12.7 Å². The SMILES string of the molecule is COC(C)(C)C.Cc1ccc(C=O)cc1. The van der Waals surface area contributed by atoms with Gasteiger partial charge in [-0.25, -0.2) is 0 Å². The molecule has 84 valence electrons. The minimum absolute atomic E-state index is 0.0417. The molecule has 0 atom stereocenters. The van der Waals surface area contributed by atoms with Gasteiger partial charge in [0.25, 0.3) is 0 Å². The van der Waals surface area contributed by atoms with Crippen molar-refractivity contribution in [2.45, 2.75) is 33.3 Å². The molecule has 0 unspecified atom stereocenters. The molecule has 0 fully saturated rings. The van der Waals surface area contributed by atoms with E-state index >= 15 is 0 Å². The molecule has 15 heavy (non-hydrogen) atoms. The Labute approximate surface area is 92.3 Å². The molecule has 0 radical (unpaired) electrons. The zero-order valence-electron chi connectivity index (χ0n) is 10.2. The zero-order chi connectivity index (χ0) is 11.9. The lowest BCUT2D eigenvalue weighted by Gasteiger charge is -2.14. The van der Waals surface area contributed by atoms with Crippen molar-refractivity contribution in [3.63, 3.8) is 0 Å². The molecule has 0 aromatic heterocycles. The summed E-state index contributed by atoms with van der Waals surface area (Å²) >= 11 is 0. The van der Waals surface area contributed by atoms with Crippen LogP contribution in [0.15, 0.2) is 24.3 Å². The standard InChI is InChI=1S/C8H8O.C5H12O/c1-7-2-4-8(6-9)5-3-7;1-5(2,3)6-4/h2-6H,1H3;1-4H3. The van der Waals surface area contributed by atoms with Crippen molar-refractivity contribution >= 4 is 6.29 Å². The molecule has 0 aliphatic carbocycles. The van der Waals surface area contributed by atoms with Gasteiger partial charge in [0.1, 0.15) is 6.29 Å². The molecule has 2 nitrogen and oxygen atoms in total. The first-order chi connectivity index (χ1) is 6.89. The molecule has 0 heterocycles. The molecule has 0 saturated carbocycles. The molecule has 0 aliphatic rings. The van der Waals surface area contributed by atoms with Gasteiger partial charge in [-0.1, -0.05) is 29.8 Å². The fourth-order valence-corrected chi connectivity index (χ4v) is 0.645. The molecule has 1 aromatic rings. The number of benzene rings is 1. The number of aryl methyl sites for hydroxylation is 1. The smallest absolute Gasteiger partial charge is 0.150 e. The number of hydrogen-bond acceptors (Lipinski definition) is 2. The number of methoxy groups -OCH3 is 1. The highest BCUT2D eigenvalue weighted by molar-refractivity contribution is 5.74. The van der Waals surface area contributed by atoms with E-state index < -0.39 is 0 Å². The Morgan fingerprint density at radius 3 is 1.80 bits per heavy atom. The van der Waals surface area contributed by atoms with E-state index in [2.05, 4.69) is 0 Å². The van der Waals surface area contributed by atoms with E-state index in [0.29, 0.717) is 0 Å².